The minimum Gasteiger partial charge on any atom is -0.452 e. The predicted octanol–water partition coefficient (Wildman–Crippen LogP) is 2.07. The summed E-state index contributed by atoms with van der Waals surface area (Å²) in [6.45, 7) is 6.79. The van der Waals surface area contributed by atoms with Gasteiger partial charge in [-0.15, -0.1) is 0 Å². The Hall–Kier alpha value is -2.49. The van der Waals surface area contributed by atoms with Crippen molar-refractivity contribution in [2.45, 2.75) is 20.7 Å². The van der Waals surface area contributed by atoms with E-state index in [2.05, 4.69) is 73.7 Å². The summed E-state index contributed by atoms with van der Waals surface area (Å²) in [6.07, 6.45) is 4.31. The first kappa shape index (κ1) is 14.1. The zero-order valence-corrected chi connectivity index (χ0v) is 14.0. The van der Waals surface area contributed by atoms with Gasteiger partial charge in [-0.2, -0.15) is 0 Å². The van der Waals surface area contributed by atoms with Gasteiger partial charge in [0.05, 0.1) is 13.2 Å². The molecule has 3 heterocycles. The van der Waals surface area contributed by atoms with Crippen LogP contribution in [0.2, 0.25) is 6.82 Å². The van der Waals surface area contributed by atoms with Crippen molar-refractivity contribution >= 4 is 35.8 Å². The summed E-state index contributed by atoms with van der Waals surface area (Å²) in [7, 11) is 2.09. The third kappa shape index (κ3) is 2.17. The number of furan rings is 1. The second-order valence-corrected chi connectivity index (χ2v) is 6.43. The zero-order chi connectivity index (χ0) is 16.1. The van der Waals surface area contributed by atoms with Crippen LogP contribution in [0.15, 0.2) is 40.9 Å². The number of nitrogens with zero attached hydrogens (tertiary/aromatic N) is 2. The number of aryl methyl sites for hydroxylation is 3. The van der Waals surface area contributed by atoms with Gasteiger partial charge in [-0.3, -0.25) is 4.81 Å². The van der Waals surface area contributed by atoms with Gasteiger partial charge < -0.3 is 4.42 Å². The summed E-state index contributed by atoms with van der Waals surface area (Å²) in [5.74, 6) is 3.46. The molecular formula is C19H20BN2O+. The standard InChI is InChI=1S/C19H20BN2O/c1-13-9-19(21(4)11-14(13)2)22-12-18-16(10-20(22)3)15-7-5-6-8-17(15)23-18/h5-12H,1-4H3/q+1. The molecule has 1 aromatic carbocycles. The summed E-state index contributed by atoms with van der Waals surface area (Å²) in [5.41, 5.74) is 4.48. The topological polar surface area (TPSA) is 20.3 Å². The number of fused-ring (bicyclic) bond motifs is 3. The average molecular weight is 303 g/mol. The number of benzene rings is 1. The van der Waals surface area contributed by atoms with Crippen molar-refractivity contribution in [2.24, 2.45) is 7.05 Å². The van der Waals surface area contributed by atoms with Gasteiger partial charge >= 0.3 is 6.85 Å². The highest BCUT2D eigenvalue weighted by Crippen LogP contribution is 2.18. The lowest BCUT2D eigenvalue weighted by atomic mass is 9.61. The third-order valence-electron chi connectivity index (χ3n) is 4.75. The molecule has 4 rings (SSSR count). The van der Waals surface area contributed by atoms with Crippen LogP contribution in [0.5, 0.6) is 0 Å². The van der Waals surface area contributed by atoms with Crippen LogP contribution in [0.25, 0.3) is 23.1 Å². The molecule has 114 valence electrons. The van der Waals surface area contributed by atoms with E-state index in [1.54, 1.807) is 0 Å². The molecule has 0 radical (unpaired) electrons. The normalized spacial score (nSPS) is 13.7. The van der Waals surface area contributed by atoms with E-state index in [0.29, 0.717) is 0 Å². The Labute approximate surface area is 136 Å². The molecule has 2 aromatic heterocycles. The van der Waals surface area contributed by atoms with Gasteiger partial charge in [0.1, 0.15) is 11.8 Å². The van der Waals surface area contributed by atoms with Gasteiger partial charge in [-0.25, -0.2) is 4.57 Å². The van der Waals surface area contributed by atoms with Gasteiger partial charge in [0.2, 0.25) is 0 Å². The molecule has 1 aliphatic heterocycles. The van der Waals surface area contributed by atoms with Crippen LogP contribution in [0, 0.1) is 13.8 Å². The minimum atomic E-state index is 0.275. The highest BCUT2D eigenvalue weighted by molar-refractivity contribution is 6.77. The quantitative estimate of drug-likeness (QED) is 0.507. The van der Waals surface area contributed by atoms with Crippen molar-refractivity contribution in [1.82, 2.24) is 0 Å². The summed E-state index contributed by atoms with van der Waals surface area (Å²) >= 11 is 0. The molecule has 23 heavy (non-hydrogen) atoms. The molecule has 0 atom stereocenters. The summed E-state index contributed by atoms with van der Waals surface area (Å²) < 4.78 is 8.22. The molecule has 0 saturated heterocycles. The van der Waals surface area contributed by atoms with E-state index in [-0.39, 0.29) is 6.85 Å². The van der Waals surface area contributed by atoms with Crippen molar-refractivity contribution in [2.75, 3.05) is 4.81 Å². The highest BCUT2D eigenvalue weighted by atomic mass is 16.3. The largest absolute Gasteiger partial charge is 0.452 e. The number of hydrogen-bond donors (Lipinski definition) is 0. The lowest BCUT2D eigenvalue weighted by molar-refractivity contribution is -0.658. The Morgan fingerprint density at radius 3 is 2.74 bits per heavy atom. The molecule has 4 heteroatoms. The fourth-order valence-electron chi connectivity index (χ4n) is 3.32. The number of anilines is 1. The van der Waals surface area contributed by atoms with Crippen LogP contribution >= 0.6 is 0 Å². The molecule has 1 aliphatic rings. The Balaban J connectivity index is 1.94. The molecule has 3 aromatic rings. The maximum atomic E-state index is 6.05. The summed E-state index contributed by atoms with van der Waals surface area (Å²) in [6, 6.07) is 10.5. The molecule has 0 amide bonds. The maximum Gasteiger partial charge on any atom is 0.402 e. The fraction of sp³-hybridized carbons (Fsp3) is 0.211. The fourth-order valence-corrected chi connectivity index (χ4v) is 3.32. The lowest BCUT2D eigenvalue weighted by Crippen LogP contribution is -2.47. The maximum absolute atomic E-state index is 6.05. The van der Waals surface area contributed by atoms with E-state index in [4.69, 9.17) is 4.42 Å². The van der Waals surface area contributed by atoms with Crippen LogP contribution in [-0.4, -0.2) is 6.85 Å². The number of hydrogen-bond acceptors (Lipinski definition) is 2. The van der Waals surface area contributed by atoms with Gasteiger partial charge in [0, 0.05) is 16.7 Å². The van der Waals surface area contributed by atoms with Crippen LogP contribution in [-0.2, 0) is 7.05 Å². The predicted molar refractivity (Wildman–Crippen MR) is 95.6 cm³/mol. The SMILES string of the molecule is CB1C=c2c(oc3ccccc23)=CN1c1cc(C)c(C)c[n+]1C. The molecule has 0 saturated carbocycles. The van der Waals surface area contributed by atoms with Crippen LogP contribution in [0.3, 0.4) is 0 Å². The van der Waals surface area contributed by atoms with Gasteiger partial charge in [-0.1, -0.05) is 24.2 Å². The van der Waals surface area contributed by atoms with Crippen LogP contribution in [0.4, 0.5) is 5.82 Å². The molecule has 0 fully saturated rings. The number of pyridine rings is 1. The molecule has 0 spiro atoms. The Bertz CT molecular complexity index is 1040. The van der Waals surface area contributed by atoms with E-state index in [1.807, 2.05) is 12.1 Å². The number of aromatic nitrogens is 1. The van der Waals surface area contributed by atoms with E-state index < -0.39 is 0 Å². The number of para-hydroxylation sites is 1. The van der Waals surface area contributed by atoms with Crippen LogP contribution in [0.1, 0.15) is 11.1 Å². The van der Waals surface area contributed by atoms with Crippen molar-refractivity contribution in [3.63, 3.8) is 0 Å². The molecule has 0 aliphatic carbocycles. The van der Waals surface area contributed by atoms with E-state index in [9.17, 15) is 0 Å². The third-order valence-corrected chi connectivity index (χ3v) is 4.75. The smallest absolute Gasteiger partial charge is 0.402 e. The van der Waals surface area contributed by atoms with E-state index in [0.717, 1.165) is 11.0 Å². The molecule has 0 N–H and O–H groups in total. The summed E-state index contributed by atoms with van der Waals surface area (Å²) in [5, 5.41) is 2.39. The Morgan fingerprint density at radius 2 is 1.91 bits per heavy atom. The highest BCUT2D eigenvalue weighted by Gasteiger charge is 2.29. The van der Waals surface area contributed by atoms with Crippen molar-refractivity contribution in [1.29, 1.82) is 0 Å². The van der Waals surface area contributed by atoms with Crippen LogP contribution < -0.4 is 20.0 Å². The monoisotopic (exact) mass is 303 g/mol. The first-order valence-electron chi connectivity index (χ1n) is 8.01. The minimum absolute atomic E-state index is 0.275. The van der Waals surface area contributed by atoms with E-state index in [1.165, 1.54) is 27.5 Å². The first-order chi connectivity index (χ1) is 11.0. The lowest BCUT2D eigenvalue weighted by Gasteiger charge is -2.19. The van der Waals surface area contributed by atoms with Crippen molar-refractivity contribution in [3.8, 4) is 0 Å². The molecular weight excluding hydrogens is 283 g/mol. The molecule has 3 nitrogen and oxygen atoms in total. The van der Waals surface area contributed by atoms with E-state index >= 15 is 0 Å². The second-order valence-electron chi connectivity index (χ2n) is 6.43. The number of rotatable bonds is 1. The second kappa shape index (κ2) is 5.02. The molecule has 0 unspecified atom stereocenters. The zero-order valence-electron chi connectivity index (χ0n) is 14.0. The van der Waals surface area contributed by atoms with Gasteiger partial charge in [0.25, 0.3) is 5.82 Å². The average Bonchev–Trinajstić information content (AvgIpc) is 2.88. The van der Waals surface area contributed by atoms with Gasteiger partial charge in [-0.05, 0) is 37.9 Å². The Kier molecular flexibility index (Phi) is 3.08. The summed E-state index contributed by atoms with van der Waals surface area (Å²) in [4.78, 5) is 2.27. The van der Waals surface area contributed by atoms with Crippen molar-refractivity contribution < 1.29 is 8.98 Å². The van der Waals surface area contributed by atoms with Crippen molar-refractivity contribution in [3.05, 3.63) is 58.3 Å². The van der Waals surface area contributed by atoms with Gasteiger partial charge in [0.15, 0.2) is 5.42 Å². The first-order valence-corrected chi connectivity index (χ1v) is 8.01. The Morgan fingerprint density at radius 1 is 1.13 bits per heavy atom. The molecule has 0 bridgehead atoms.